The van der Waals surface area contributed by atoms with Crippen molar-refractivity contribution in [2.24, 2.45) is 0 Å². The molecule has 0 atom stereocenters. The van der Waals surface area contributed by atoms with Gasteiger partial charge in [0, 0.05) is 18.9 Å². The predicted molar refractivity (Wildman–Crippen MR) is 91.3 cm³/mol. The minimum Gasteiger partial charge on any atom is -0.493 e. The summed E-state index contributed by atoms with van der Waals surface area (Å²) in [6, 6.07) is 13.7. The van der Waals surface area contributed by atoms with Gasteiger partial charge in [-0.2, -0.15) is 5.10 Å². The van der Waals surface area contributed by atoms with Gasteiger partial charge in [-0.25, -0.2) is 9.89 Å². The van der Waals surface area contributed by atoms with Gasteiger partial charge in [0.05, 0.1) is 13.2 Å². The summed E-state index contributed by atoms with van der Waals surface area (Å²) in [4.78, 5) is 11.4. The van der Waals surface area contributed by atoms with Gasteiger partial charge in [0.1, 0.15) is 5.75 Å². The Balaban J connectivity index is 1.28. The molecule has 0 bridgehead atoms. The molecule has 3 aromatic rings. The third-order valence-corrected chi connectivity index (χ3v) is 3.70. The van der Waals surface area contributed by atoms with Crippen LogP contribution >= 0.6 is 0 Å². The number of unbranched alkanes of at least 4 members (excludes halogenated alkanes) is 2. The summed E-state index contributed by atoms with van der Waals surface area (Å²) in [6.07, 6.45) is 4.70. The Hall–Kier alpha value is -2.60. The van der Waals surface area contributed by atoms with E-state index in [4.69, 9.17) is 9.47 Å². The van der Waals surface area contributed by atoms with E-state index >= 15 is 0 Å². The summed E-state index contributed by atoms with van der Waals surface area (Å²) in [6.45, 7) is 2.07. The fourth-order valence-corrected chi connectivity index (χ4v) is 2.41. The fourth-order valence-electron chi connectivity index (χ4n) is 2.41. The van der Waals surface area contributed by atoms with E-state index in [9.17, 15) is 4.79 Å². The molecule has 2 aromatic heterocycles. The van der Waals surface area contributed by atoms with Gasteiger partial charge in [0.25, 0.3) is 0 Å². The first-order chi connectivity index (χ1) is 11.8. The van der Waals surface area contributed by atoms with Gasteiger partial charge in [-0.1, -0.05) is 30.3 Å². The van der Waals surface area contributed by atoms with Crippen LogP contribution in [0.15, 0.2) is 53.5 Å². The molecular formula is C18H21N3O3. The summed E-state index contributed by atoms with van der Waals surface area (Å²) in [5.74, 6) is 0.724. The smallest absolute Gasteiger partial charge is 0.347 e. The quantitative estimate of drug-likeness (QED) is 0.614. The summed E-state index contributed by atoms with van der Waals surface area (Å²) in [5, 5.41) is 6.31. The van der Waals surface area contributed by atoms with Crippen molar-refractivity contribution in [1.82, 2.24) is 14.6 Å². The summed E-state index contributed by atoms with van der Waals surface area (Å²) < 4.78 is 12.8. The Kier molecular flexibility index (Phi) is 5.63. The van der Waals surface area contributed by atoms with Crippen LogP contribution < -0.4 is 10.4 Å². The van der Waals surface area contributed by atoms with Crippen molar-refractivity contribution in [3.05, 3.63) is 64.7 Å². The third-order valence-electron chi connectivity index (χ3n) is 3.70. The number of H-pyrrole nitrogens is 1. The first-order valence-corrected chi connectivity index (χ1v) is 8.14. The number of aromatic nitrogens is 3. The van der Waals surface area contributed by atoms with Crippen molar-refractivity contribution in [3.8, 4) is 5.75 Å². The Bertz CT molecular complexity index is 811. The van der Waals surface area contributed by atoms with E-state index < -0.39 is 0 Å². The molecule has 6 heteroatoms. The average molecular weight is 327 g/mol. The number of benzene rings is 1. The maximum Gasteiger partial charge on any atom is 0.347 e. The molecule has 0 saturated heterocycles. The van der Waals surface area contributed by atoms with Crippen LogP contribution in [-0.4, -0.2) is 27.8 Å². The lowest BCUT2D eigenvalue weighted by atomic mass is 10.2. The number of ether oxygens (including phenoxy) is 2. The van der Waals surface area contributed by atoms with Gasteiger partial charge < -0.3 is 9.47 Å². The molecule has 24 heavy (non-hydrogen) atoms. The third kappa shape index (κ3) is 4.45. The normalized spacial score (nSPS) is 11.0. The molecule has 0 saturated carbocycles. The van der Waals surface area contributed by atoms with Crippen LogP contribution in [0.3, 0.4) is 0 Å². The molecule has 0 unspecified atom stereocenters. The van der Waals surface area contributed by atoms with Crippen molar-refractivity contribution in [2.45, 2.75) is 25.9 Å². The van der Waals surface area contributed by atoms with Crippen LogP contribution in [0, 0.1) is 0 Å². The number of hydrogen-bond acceptors (Lipinski definition) is 4. The summed E-state index contributed by atoms with van der Waals surface area (Å²) in [7, 11) is 0. The maximum absolute atomic E-state index is 11.4. The van der Waals surface area contributed by atoms with E-state index in [1.165, 1.54) is 9.96 Å². The molecule has 0 fully saturated rings. The van der Waals surface area contributed by atoms with Crippen LogP contribution in [0.5, 0.6) is 5.75 Å². The Morgan fingerprint density at radius 1 is 1.04 bits per heavy atom. The summed E-state index contributed by atoms with van der Waals surface area (Å²) >= 11 is 0. The lowest BCUT2D eigenvalue weighted by Gasteiger charge is -2.07. The van der Waals surface area contributed by atoms with Gasteiger partial charge in [0.15, 0.2) is 5.65 Å². The van der Waals surface area contributed by atoms with E-state index in [1.807, 2.05) is 18.2 Å². The van der Waals surface area contributed by atoms with E-state index in [1.54, 1.807) is 18.3 Å². The molecular weight excluding hydrogens is 306 g/mol. The lowest BCUT2D eigenvalue weighted by Crippen LogP contribution is -2.08. The van der Waals surface area contributed by atoms with E-state index in [-0.39, 0.29) is 5.69 Å². The van der Waals surface area contributed by atoms with Crippen LogP contribution in [0.2, 0.25) is 0 Å². The second kappa shape index (κ2) is 8.31. The van der Waals surface area contributed by atoms with Gasteiger partial charge in [-0.05, 0) is 30.9 Å². The van der Waals surface area contributed by atoms with Crippen molar-refractivity contribution < 1.29 is 9.47 Å². The van der Waals surface area contributed by atoms with Gasteiger partial charge in [-0.3, -0.25) is 4.40 Å². The number of pyridine rings is 1. The molecule has 0 aliphatic carbocycles. The zero-order chi connectivity index (χ0) is 16.6. The minimum atomic E-state index is -0.243. The number of fused-ring (bicyclic) bond motifs is 1. The van der Waals surface area contributed by atoms with E-state index in [0.717, 1.165) is 31.6 Å². The van der Waals surface area contributed by atoms with Crippen molar-refractivity contribution in [3.63, 3.8) is 0 Å². The molecule has 6 nitrogen and oxygen atoms in total. The Labute approximate surface area is 140 Å². The summed E-state index contributed by atoms with van der Waals surface area (Å²) in [5.41, 5.74) is 1.52. The molecule has 1 aromatic carbocycles. The lowest BCUT2D eigenvalue weighted by molar-refractivity contribution is 0.116. The Morgan fingerprint density at radius 2 is 1.88 bits per heavy atom. The second-order valence-corrected chi connectivity index (χ2v) is 5.57. The zero-order valence-electron chi connectivity index (χ0n) is 13.5. The SMILES string of the molecule is O=c1[nH]nc2cc(OCCCCCOCc3ccccc3)ccn12. The highest BCUT2D eigenvalue weighted by atomic mass is 16.5. The number of rotatable bonds is 9. The second-order valence-electron chi connectivity index (χ2n) is 5.57. The first-order valence-electron chi connectivity index (χ1n) is 8.14. The van der Waals surface area contributed by atoms with Gasteiger partial charge in [-0.15, -0.1) is 0 Å². The molecule has 0 spiro atoms. The molecule has 0 amide bonds. The van der Waals surface area contributed by atoms with E-state index in [2.05, 4.69) is 22.3 Å². The first kappa shape index (κ1) is 16.3. The molecule has 2 heterocycles. The standard InChI is InChI=1S/C18H21N3O3/c22-18-20-19-17-13-16(9-10-21(17)18)24-12-6-2-5-11-23-14-15-7-3-1-4-8-15/h1,3-4,7-10,13H,2,5-6,11-12,14H2,(H,20,22). The number of aromatic amines is 1. The van der Waals surface area contributed by atoms with Crippen molar-refractivity contribution >= 4 is 5.65 Å². The predicted octanol–water partition coefficient (Wildman–Crippen LogP) is 2.79. The molecule has 3 rings (SSSR count). The monoisotopic (exact) mass is 327 g/mol. The maximum atomic E-state index is 11.4. The number of hydrogen-bond donors (Lipinski definition) is 1. The van der Waals surface area contributed by atoms with Crippen LogP contribution in [0.1, 0.15) is 24.8 Å². The molecule has 0 aliphatic rings. The molecule has 1 N–H and O–H groups in total. The highest BCUT2D eigenvalue weighted by Gasteiger charge is 2.01. The highest BCUT2D eigenvalue weighted by molar-refractivity contribution is 5.42. The average Bonchev–Trinajstić information content (AvgIpc) is 2.99. The largest absolute Gasteiger partial charge is 0.493 e. The zero-order valence-corrected chi connectivity index (χ0v) is 13.5. The molecule has 126 valence electrons. The number of nitrogens with one attached hydrogen (secondary N) is 1. The highest BCUT2D eigenvalue weighted by Crippen LogP contribution is 2.12. The molecule has 0 radical (unpaired) electrons. The van der Waals surface area contributed by atoms with Gasteiger partial charge >= 0.3 is 5.69 Å². The van der Waals surface area contributed by atoms with Crippen LogP contribution in [-0.2, 0) is 11.3 Å². The van der Waals surface area contributed by atoms with Crippen LogP contribution in [0.25, 0.3) is 5.65 Å². The number of nitrogens with zero attached hydrogens (tertiary/aromatic N) is 2. The topological polar surface area (TPSA) is 68.6 Å². The van der Waals surface area contributed by atoms with Crippen molar-refractivity contribution in [2.75, 3.05) is 13.2 Å². The van der Waals surface area contributed by atoms with Crippen LogP contribution in [0.4, 0.5) is 0 Å². The van der Waals surface area contributed by atoms with E-state index in [0.29, 0.717) is 18.9 Å². The molecule has 0 aliphatic heterocycles. The minimum absolute atomic E-state index is 0.243. The Morgan fingerprint density at radius 3 is 2.75 bits per heavy atom. The fraction of sp³-hybridized carbons (Fsp3) is 0.333. The van der Waals surface area contributed by atoms with Gasteiger partial charge in [0.2, 0.25) is 0 Å². The van der Waals surface area contributed by atoms with Crippen molar-refractivity contribution in [1.29, 1.82) is 0 Å².